The molecule has 0 aliphatic carbocycles. The Bertz CT molecular complexity index is 1080. The summed E-state index contributed by atoms with van der Waals surface area (Å²) in [7, 11) is 0. The zero-order valence-corrected chi connectivity index (χ0v) is 21.8. The molecule has 0 unspecified atom stereocenters. The maximum Gasteiger partial charge on any atom is 0.320 e. The fourth-order valence-corrected chi connectivity index (χ4v) is 4.57. The lowest BCUT2D eigenvalue weighted by atomic mass is 10.1. The number of anilines is 1. The Morgan fingerprint density at radius 3 is 2.49 bits per heavy atom. The molecule has 2 aromatic rings. The number of hydrogen-bond acceptors (Lipinski definition) is 6. The molecular weight excluding hydrogens is 472 g/mol. The van der Waals surface area contributed by atoms with Gasteiger partial charge in [-0.1, -0.05) is 36.4 Å². The molecule has 0 bridgehead atoms. The third kappa shape index (κ3) is 8.03. The van der Waals surface area contributed by atoms with Gasteiger partial charge in [-0.2, -0.15) is 0 Å². The van der Waals surface area contributed by atoms with Gasteiger partial charge in [-0.05, 0) is 37.5 Å². The van der Waals surface area contributed by atoms with Crippen molar-refractivity contribution in [2.45, 2.75) is 52.2 Å². The number of hydrogen-bond donors (Lipinski definition) is 2. The van der Waals surface area contributed by atoms with E-state index in [0.717, 1.165) is 35.5 Å². The molecule has 1 aliphatic heterocycles. The monoisotopic (exact) mass is 510 g/mol. The first-order chi connectivity index (χ1) is 17.8. The molecule has 37 heavy (non-hydrogen) atoms. The summed E-state index contributed by atoms with van der Waals surface area (Å²) in [6, 6.07) is 14.5. The van der Waals surface area contributed by atoms with Gasteiger partial charge in [-0.3, -0.25) is 19.3 Å². The van der Waals surface area contributed by atoms with Crippen molar-refractivity contribution in [3.05, 3.63) is 59.7 Å². The van der Waals surface area contributed by atoms with E-state index in [1.165, 1.54) is 0 Å². The molecule has 1 atom stereocenters. The zero-order chi connectivity index (χ0) is 26.8. The minimum absolute atomic E-state index is 0.0409. The van der Waals surface area contributed by atoms with Gasteiger partial charge in [-0.25, -0.2) is 0 Å². The number of ether oxygens (including phenoxy) is 1. The largest absolute Gasteiger partial charge is 0.494 e. The van der Waals surface area contributed by atoms with E-state index in [-0.39, 0.29) is 24.7 Å². The van der Waals surface area contributed by atoms with E-state index in [4.69, 9.17) is 15.6 Å². The summed E-state index contributed by atoms with van der Waals surface area (Å²) < 4.78 is 5.82. The minimum atomic E-state index is -1.12. The van der Waals surface area contributed by atoms with Crippen molar-refractivity contribution < 1.29 is 24.2 Å². The smallest absolute Gasteiger partial charge is 0.320 e. The average molecular weight is 511 g/mol. The maximum atomic E-state index is 13.3. The number of rotatable bonds is 8. The van der Waals surface area contributed by atoms with Gasteiger partial charge in [-0.15, -0.1) is 0 Å². The van der Waals surface area contributed by atoms with Gasteiger partial charge in [0.1, 0.15) is 11.8 Å². The number of aliphatic carboxylic acids is 1. The van der Waals surface area contributed by atoms with Crippen LogP contribution in [0.4, 0.5) is 5.69 Å². The number of amides is 2. The SMILES string of the molecule is CCOc1ccccc1CN1CCCN(C(C)=O)c2ccccc2CN(C(=O)CC[C@H](N)C(=O)O)CC1. The van der Waals surface area contributed by atoms with Crippen molar-refractivity contribution in [1.82, 2.24) is 9.80 Å². The summed E-state index contributed by atoms with van der Waals surface area (Å²) in [4.78, 5) is 42.8. The van der Waals surface area contributed by atoms with E-state index in [1.54, 1.807) is 16.7 Å². The van der Waals surface area contributed by atoms with E-state index in [1.807, 2.05) is 55.5 Å². The molecule has 1 heterocycles. The lowest BCUT2D eigenvalue weighted by Gasteiger charge is -2.28. The number of carboxylic acids is 1. The Morgan fingerprint density at radius 1 is 1.03 bits per heavy atom. The maximum absolute atomic E-state index is 13.3. The van der Waals surface area contributed by atoms with E-state index in [0.29, 0.717) is 39.3 Å². The Kier molecular flexibility index (Phi) is 10.5. The summed E-state index contributed by atoms with van der Waals surface area (Å²) >= 11 is 0. The molecule has 200 valence electrons. The molecule has 0 aromatic heterocycles. The first-order valence-corrected chi connectivity index (χ1v) is 12.8. The van der Waals surface area contributed by atoms with E-state index < -0.39 is 12.0 Å². The highest BCUT2D eigenvalue weighted by Crippen LogP contribution is 2.25. The van der Waals surface area contributed by atoms with Crippen molar-refractivity contribution in [2.75, 3.05) is 37.7 Å². The molecule has 3 N–H and O–H groups in total. The van der Waals surface area contributed by atoms with Crippen LogP contribution in [0.1, 0.15) is 44.2 Å². The van der Waals surface area contributed by atoms with Crippen LogP contribution in [-0.2, 0) is 27.5 Å². The van der Waals surface area contributed by atoms with Gasteiger partial charge in [0.25, 0.3) is 0 Å². The molecular formula is C28H38N4O5. The van der Waals surface area contributed by atoms with Crippen LogP contribution in [-0.4, -0.2) is 71.5 Å². The lowest BCUT2D eigenvalue weighted by molar-refractivity contribution is -0.139. The highest BCUT2D eigenvalue weighted by molar-refractivity contribution is 5.92. The predicted molar refractivity (Wildman–Crippen MR) is 142 cm³/mol. The second kappa shape index (κ2) is 13.8. The minimum Gasteiger partial charge on any atom is -0.494 e. The second-order valence-corrected chi connectivity index (χ2v) is 9.27. The average Bonchev–Trinajstić information content (AvgIpc) is 2.91. The number of nitrogens with two attached hydrogens (primary N) is 1. The molecule has 0 fully saturated rings. The van der Waals surface area contributed by atoms with Crippen molar-refractivity contribution in [3.63, 3.8) is 0 Å². The van der Waals surface area contributed by atoms with Crippen LogP contribution < -0.4 is 15.4 Å². The third-order valence-electron chi connectivity index (χ3n) is 6.57. The van der Waals surface area contributed by atoms with Gasteiger partial charge < -0.3 is 25.4 Å². The van der Waals surface area contributed by atoms with Crippen molar-refractivity contribution in [1.29, 1.82) is 0 Å². The van der Waals surface area contributed by atoms with Crippen LogP contribution >= 0.6 is 0 Å². The van der Waals surface area contributed by atoms with Crippen LogP contribution in [0.2, 0.25) is 0 Å². The molecule has 1 aliphatic rings. The fourth-order valence-electron chi connectivity index (χ4n) is 4.57. The van der Waals surface area contributed by atoms with Gasteiger partial charge >= 0.3 is 5.97 Å². The summed E-state index contributed by atoms with van der Waals surface area (Å²) in [5.74, 6) is -0.487. The van der Waals surface area contributed by atoms with Crippen LogP contribution in [0.3, 0.4) is 0 Å². The quantitative estimate of drug-likeness (QED) is 0.561. The molecule has 0 spiro atoms. The Hall–Kier alpha value is -3.43. The number of carboxylic acid groups (broad SMARTS) is 1. The highest BCUT2D eigenvalue weighted by atomic mass is 16.5. The fraction of sp³-hybridized carbons (Fsp3) is 0.464. The molecule has 0 saturated heterocycles. The van der Waals surface area contributed by atoms with Crippen molar-refractivity contribution in [3.8, 4) is 5.75 Å². The number of benzene rings is 2. The lowest BCUT2D eigenvalue weighted by Crippen LogP contribution is -2.39. The second-order valence-electron chi connectivity index (χ2n) is 9.27. The summed E-state index contributed by atoms with van der Waals surface area (Å²) in [5, 5.41) is 9.13. The zero-order valence-electron chi connectivity index (χ0n) is 21.8. The first kappa shape index (κ1) is 28.1. The van der Waals surface area contributed by atoms with Crippen molar-refractivity contribution >= 4 is 23.5 Å². The van der Waals surface area contributed by atoms with Gasteiger partial charge in [0.05, 0.1) is 6.61 Å². The number of carbonyl (C=O) groups is 3. The van der Waals surface area contributed by atoms with Gasteiger partial charge in [0, 0.05) is 63.9 Å². The Labute approximate surface area is 218 Å². The standard InChI is InChI=1S/C28H38N4O5/c1-3-37-26-12-7-5-10-23(26)19-30-15-8-16-32(21(2)33)25-11-6-4-9-22(25)20-31(18-17-30)27(34)14-13-24(29)28(35)36/h4-7,9-12,24H,3,8,13-20,29H2,1-2H3,(H,35,36)/t24-/m0/s1. The molecule has 9 heteroatoms. The highest BCUT2D eigenvalue weighted by Gasteiger charge is 2.23. The molecule has 9 nitrogen and oxygen atoms in total. The summed E-state index contributed by atoms with van der Waals surface area (Å²) in [6.07, 6.45) is 0.878. The number of fused-ring (bicyclic) bond motifs is 1. The number of nitrogens with zero attached hydrogens (tertiary/aromatic N) is 3. The summed E-state index contributed by atoms with van der Waals surface area (Å²) in [6.45, 7) is 7.45. The van der Waals surface area contributed by atoms with Gasteiger partial charge in [0.2, 0.25) is 11.8 Å². The van der Waals surface area contributed by atoms with E-state index in [9.17, 15) is 14.4 Å². The van der Waals surface area contributed by atoms with Crippen LogP contribution in [0.5, 0.6) is 5.75 Å². The molecule has 2 amide bonds. The van der Waals surface area contributed by atoms with Crippen LogP contribution in [0, 0.1) is 0 Å². The Morgan fingerprint density at radius 2 is 1.76 bits per heavy atom. The molecule has 2 aromatic carbocycles. The predicted octanol–water partition coefficient (Wildman–Crippen LogP) is 2.86. The van der Waals surface area contributed by atoms with Gasteiger partial charge in [0.15, 0.2) is 0 Å². The van der Waals surface area contributed by atoms with Crippen molar-refractivity contribution in [2.24, 2.45) is 5.73 Å². The normalized spacial score (nSPS) is 15.9. The number of para-hydroxylation sites is 2. The number of carbonyl (C=O) groups excluding carboxylic acids is 2. The first-order valence-electron chi connectivity index (χ1n) is 12.8. The summed E-state index contributed by atoms with van der Waals surface area (Å²) in [5.41, 5.74) is 8.40. The topological polar surface area (TPSA) is 116 Å². The third-order valence-corrected chi connectivity index (χ3v) is 6.57. The molecule has 0 saturated carbocycles. The van der Waals surface area contributed by atoms with Crippen LogP contribution in [0.15, 0.2) is 48.5 Å². The Balaban J connectivity index is 1.87. The van der Waals surface area contributed by atoms with Crippen LogP contribution in [0.25, 0.3) is 0 Å². The van der Waals surface area contributed by atoms with E-state index in [2.05, 4.69) is 4.90 Å². The molecule has 0 radical (unpaired) electrons. The molecule has 3 rings (SSSR count). The van der Waals surface area contributed by atoms with E-state index >= 15 is 0 Å².